The highest BCUT2D eigenvalue weighted by molar-refractivity contribution is 5.98. The monoisotopic (exact) mass is 249 g/mol. The fourth-order valence-corrected chi connectivity index (χ4v) is 2.05. The lowest BCUT2D eigenvalue weighted by Crippen LogP contribution is -2.43. The number of amides is 1. The Bertz CT molecular complexity index is 444. The van der Waals surface area contributed by atoms with E-state index in [-0.39, 0.29) is 12.5 Å². The zero-order chi connectivity index (χ0) is 13.1. The normalized spacial score (nSPS) is 16.1. The average Bonchev–Trinajstić information content (AvgIpc) is 2.38. The molecule has 1 aliphatic heterocycles. The van der Waals surface area contributed by atoms with E-state index in [1.54, 1.807) is 23.1 Å². The fourth-order valence-electron chi connectivity index (χ4n) is 2.05. The van der Waals surface area contributed by atoms with E-state index in [4.69, 9.17) is 16.2 Å². The Kier molecular flexibility index (Phi) is 3.72. The van der Waals surface area contributed by atoms with Crippen molar-refractivity contribution in [1.82, 2.24) is 0 Å². The van der Waals surface area contributed by atoms with Crippen molar-refractivity contribution >= 4 is 17.3 Å². The smallest absolute Gasteiger partial charge is 0.265 e. The quantitative estimate of drug-likeness (QED) is 0.779. The van der Waals surface area contributed by atoms with Gasteiger partial charge in [0.1, 0.15) is 5.75 Å². The molecule has 1 heterocycles. The zero-order valence-corrected chi connectivity index (χ0v) is 10.6. The second kappa shape index (κ2) is 5.27. The summed E-state index contributed by atoms with van der Waals surface area (Å²) in [4.78, 5) is 13.7. The maximum Gasteiger partial charge on any atom is 0.265 e. The van der Waals surface area contributed by atoms with Gasteiger partial charge in [0.2, 0.25) is 0 Å². The summed E-state index contributed by atoms with van der Waals surface area (Å²) in [5.74, 6) is 0.956. The maximum atomic E-state index is 12.0. The van der Waals surface area contributed by atoms with Crippen LogP contribution in [0.4, 0.5) is 11.4 Å². The van der Waals surface area contributed by atoms with E-state index >= 15 is 0 Å². The molecular formula is C13H19N3O2. The summed E-state index contributed by atoms with van der Waals surface area (Å²) in [6.07, 6.45) is 0.943. The number of hydrogen-bond acceptors (Lipinski definition) is 4. The van der Waals surface area contributed by atoms with Crippen LogP contribution in [-0.4, -0.2) is 25.6 Å². The van der Waals surface area contributed by atoms with Crippen LogP contribution in [0.3, 0.4) is 0 Å². The van der Waals surface area contributed by atoms with E-state index in [9.17, 15) is 4.79 Å². The number of nitrogen functional groups attached to an aromatic ring is 1. The third kappa shape index (κ3) is 2.41. The first kappa shape index (κ1) is 12.7. The molecule has 4 N–H and O–H groups in total. The molecule has 1 aromatic rings. The molecular weight excluding hydrogens is 230 g/mol. The number of carbonyl (C=O) groups is 1. The van der Waals surface area contributed by atoms with Gasteiger partial charge in [0.15, 0.2) is 6.61 Å². The molecule has 2 rings (SSSR count). The third-order valence-corrected chi connectivity index (χ3v) is 3.28. The van der Waals surface area contributed by atoms with Crippen molar-refractivity contribution in [2.24, 2.45) is 11.7 Å². The minimum Gasteiger partial charge on any atom is -0.482 e. The highest BCUT2D eigenvalue weighted by Crippen LogP contribution is 2.34. The van der Waals surface area contributed by atoms with Crippen LogP contribution in [0.15, 0.2) is 18.2 Å². The van der Waals surface area contributed by atoms with Crippen LogP contribution in [0.2, 0.25) is 0 Å². The van der Waals surface area contributed by atoms with Crippen molar-refractivity contribution in [3.63, 3.8) is 0 Å². The van der Waals surface area contributed by atoms with Crippen LogP contribution < -0.4 is 21.1 Å². The lowest BCUT2D eigenvalue weighted by molar-refractivity contribution is -0.121. The molecule has 98 valence electrons. The van der Waals surface area contributed by atoms with E-state index in [1.165, 1.54) is 0 Å². The minimum absolute atomic E-state index is 0.0417. The van der Waals surface area contributed by atoms with Crippen LogP contribution in [0, 0.1) is 5.92 Å². The number of hydrogen-bond donors (Lipinski definition) is 2. The Hall–Kier alpha value is -1.75. The predicted octanol–water partition coefficient (Wildman–Crippen LogP) is 0.979. The standard InChI is InChI=1S/C13H19N3O2/c1-2-9(6-14)7-16-11-5-10(15)3-4-12(11)18-8-13(16)17/h3-5,9H,2,6-8,14-15H2,1H3. The lowest BCUT2D eigenvalue weighted by atomic mass is 10.1. The van der Waals surface area contributed by atoms with Crippen molar-refractivity contribution in [2.75, 3.05) is 30.3 Å². The first-order chi connectivity index (χ1) is 8.65. The predicted molar refractivity (Wildman–Crippen MR) is 71.5 cm³/mol. The number of ether oxygens (including phenoxy) is 1. The zero-order valence-electron chi connectivity index (χ0n) is 10.6. The SMILES string of the molecule is CCC(CN)CN1C(=O)COc2ccc(N)cc21. The molecule has 0 bridgehead atoms. The number of nitrogens with zero attached hydrogens (tertiary/aromatic N) is 1. The maximum absolute atomic E-state index is 12.0. The second-order valence-electron chi connectivity index (χ2n) is 4.53. The van der Waals surface area contributed by atoms with Crippen molar-refractivity contribution in [3.05, 3.63) is 18.2 Å². The van der Waals surface area contributed by atoms with Gasteiger partial charge in [0, 0.05) is 12.2 Å². The van der Waals surface area contributed by atoms with Gasteiger partial charge in [-0.3, -0.25) is 4.79 Å². The molecule has 0 aliphatic carbocycles. The highest BCUT2D eigenvalue weighted by atomic mass is 16.5. The Morgan fingerprint density at radius 3 is 2.94 bits per heavy atom. The van der Waals surface area contributed by atoms with Gasteiger partial charge in [0.05, 0.1) is 5.69 Å². The molecule has 1 atom stereocenters. The molecule has 5 heteroatoms. The van der Waals surface area contributed by atoms with Crippen molar-refractivity contribution in [2.45, 2.75) is 13.3 Å². The van der Waals surface area contributed by atoms with Gasteiger partial charge in [-0.2, -0.15) is 0 Å². The number of benzene rings is 1. The fraction of sp³-hybridized carbons (Fsp3) is 0.462. The van der Waals surface area contributed by atoms with Crippen LogP contribution in [0.5, 0.6) is 5.75 Å². The number of nitrogens with two attached hydrogens (primary N) is 2. The third-order valence-electron chi connectivity index (χ3n) is 3.28. The molecule has 1 aromatic carbocycles. The largest absolute Gasteiger partial charge is 0.482 e. The van der Waals surface area contributed by atoms with Crippen LogP contribution in [0.1, 0.15) is 13.3 Å². The molecule has 5 nitrogen and oxygen atoms in total. The Morgan fingerprint density at radius 2 is 2.28 bits per heavy atom. The molecule has 0 spiro atoms. The van der Waals surface area contributed by atoms with Crippen molar-refractivity contribution in [3.8, 4) is 5.75 Å². The summed E-state index contributed by atoms with van der Waals surface area (Å²) >= 11 is 0. The van der Waals surface area contributed by atoms with E-state index in [0.717, 1.165) is 12.1 Å². The van der Waals surface area contributed by atoms with Crippen molar-refractivity contribution in [1.29, 1.82) is 0 Å². The van der Waals surface area contributed by atoms with Gasteiger partial charge in [-0.25, -0.2) is 0 Å². The molecule has 1 aliphatic rings. The Balaban J connectivity index is 2.29. The second-order valence-corrected chi connectivity index (χ2v) is 4.53. The molecule has 0 fully saturated rings. The summed E-state index contributed by atoms with van der Waals surface area (Å²) in [7, 11) is 0. The van der Waals surface area contributed by atoms with E-state index < -0.39 is 0 Å². The highest BCUT2D eigenvalue weighted by Gasteiger charge is 2.27. The number of rotatable bonds is 4. The number of carbonyl (C=O) groups excluding carboxylic acids is 1. The van der Waals surface area contributed by atoms with E-state index in [1.807, 2.05) is 0 Å². The molecule has 1 unspecified atom stereocenters. The van der Waals surface area contributed by atoms with Crippen LogP contribution in [0.25, 0.3) is 0 Å². The lowest BCUT2D eigenvalue weighted by Gasteiger charge is -2.32. The van der Waals surface area contributed by atoms with Gasteiger partial charge >= 0.3 is 0 Å². The molecule has 18 heavy (non-hydrogen) atoms. The van der Waals surface area contributed by atoms with E-state index in [0.29, 0.717) is 30.4 Å². The van der Waals surface area contributed by atoms with Crippen LogP contribution >= 0.6 is 0 Å². The van der Waals surface area contributed by atoms with Gasteiger partial charge in [-0.1, -0.05) is 13.3 Å². The van der Waals surface area contributed by atoms with Gasteiger partial charge in [-0.05, 0) is 30.7 Å². The minimum atomic E-state index is -0.0417. The first-order valence-corrected chi connectivity index (χ1v) is 6.18. The summed E-state index contributed by atoms with van der Waals surface area (Å²) in [5.41, 5.74) is 12.8. The van der Waals surface area contributed by atoms with Crippen molar-refractivity contribution < 1.29 is 9.53 Å². The van der Waals surface area contributed by atoms with Gasteiger partial charge in [-0.15, -0.1) is 0 Å². The molecule has 0 aromatic heterocycles. The molecule has 1 amide bonds. The summed E-state index contributed by atoms with van der Waals surface area (Å²) in [6, 6.07) is 5.34. The molecule has 0 radical (unpaired) electrons. The van der Waals surface area contributed by atoms with E-state index in [2.05, 4.69) is 6.92 Å². The Labute approximate surface area is 107 Å². The average molecular weight is 249 g/mol. The summed E-state index contributed by atoms with van der Waals surface area (Å²) in [5, 5.41) is 0. The first-order valence-electron chi connectivity index (χ1n) is 6.18. The molecule has 0 saturated heterocycles. The van der Waals surface area contributed by atoms with Gasteiger partial charge < -0.3 is 21.1 Å². The topological polar surface area (TPSA) is 81.6 Å². The molecule has 0 saturated carbocycles. The van der Waals surface area contributed by atoms with Crippen LogP contribution in [-0.2, 0) is 4.79 Å². The number of anilines is 2. The summed E-state index contributed by atoms with van der Waals surface area (Å²) in [6.45, 7) is 3.34. The Morgan fingerprint density at radius 1 is 1.50 bits per heavy atom. The summed E-state index contributed by atoms with van der Waals surface area (Å²) < 4.78 is 5.39. The van der Waals surface area contributed by atoms with Gasteiger partial charge in [0.25, 0.3) is 5.91 Å². The number of fused-ring (bicyclic) bond motifs is 1.